The van der Waals surface area contributed by atoms with Crippen molar-refractivity contribution < 1.29 is 9.21 Å². The van der Waals surface area contributed by atoms with E-state index < -0.39 is 0 Å². The van der Waals surface area contributed by atoms with Gasteiger partial charge in [-0.1, -0.05) is 26.8 Å². The highest BCUT2D eigenvalue weighted by atomic mass is 16.3. The van der Waals surface area contributed by atoms with Crippen LogP contribution in [0.15, 0.2) is 29.0 Å². The van der Waals surface area contributed by atoms with Gasteiger partial charge in [-0.3, -0.25) is 4.79 Å². The predicted molar refractivity (Wildman–Crippen MR) is 70.2 cm³/mol. The number of nitrogens with one attached hydrogen (secondary N) is 1. The first-order valence-corrected chi connectivity index (χ1v) is 6.07. The summed E-state index contributed by atoms with van der Waals surface area (Å²) in [7, 11) is 0. The lowest BCUT2D eigenvalue weighted by molar-refractivity contribution is -0.128. The molecule has 96 valence electrons. The van der Waals surface area contributed by atoms with Crippen molar-refractivity contribution in [3.63, 3.8) is 0 Å². The normalized spacial score (nSPS) is 11.7. The van der Waals surface area contributed by atoms with E-state index in [1.807, 2.05) is 39.0 Å². The molecule has 0 spiro atoms. The third-order valence-corrected chi connectivity index (χ3v) is 2.78. The first-order valence-electron chi connectivity index (χ1n) is 6.07. The van der Waals surface area contributed by atoms with Gasteiger partial charge in [-0.2, -0.15) is 0 Å². The topological polar surface area (TPSA) is 55.1 Å². The second kappa shape index (κ2) is 4.80. The van der Waals surface area contributed by atoms with Gasteiger partial charge in [0.05, 0.1) is 0 Å². The molecule has 2 aromatic rings. The smallest absolute Gasteiger partial charge is 0.225 e. The van der Waals surface area contributed by atoms with Crippen LogP contribution < -0.4 is 5.32 Å². The molecule has 0 fully saturated rings. The summed E-state index contributed by atoms with van der Waals surface area (Å²) >= 11 is 0. The largest absolute Gasteiger partial charge is 0.443 e. The van der Waals surface area contributed by atoms with Crippen molar-refractivity contribution >= 4 is 17.0 Å². The zero-order valence-electron chi connectivity index (χ0n) is 11.0. The molecule has 2 rings (SSSR count). The van der Waals surface area contributed by atoms with Crippen LogP contribution in [0.2, 0.25) is 0 Å². The Kier molecular flexibility index (Phi) is 3.36. The highest BCUT2D eigenvalue weighted by Crippen LogP contribution is 2.15. The molecule has 0 aliphatic carbocycles. The first kappa shape index (κ1) is 12.6. The van der Waals surface area contributed by atoms with Crippen LogP contribution in [0.1, 0.15) is 26.3 Å². The number of aromatic nitrogens is 1. The molecule has 0 bridgehead atoms. The monoisotopic (exact) mass is 246 g/mol. The maximum atomic E-state index is 11.7. The van der Waals surface area contributed by atoms with Crippen molar-refractivity contribution in [2.24, 2.45) is 5.41 Å². The summed E-state index contributed by atoms with van der Waals surface area (Å²) in [6.07, 6.45) is 2.23. The number of hydrogen-bond acceptors (Lipinski definition) is 3. The molecule has 4 heteroatoms. The Morgan fingerprint density at radius 3 is 2.89 bits per heavy atom. The number of hydrogen-bond donors (Lipinski definition) is 1. The van der Waals surface area contributed by atoms with Gasteiger partial charge in [0.2, 0.25) is 5.91 Å². The maximum Gasteiger partial charge on any atom is 0.225 e. The number of oxazole rings is 1. The molecule has 0 aliphatic rings. The van der Waals surface area contributed by atoms with Crippen molar-refractivity contribution in [3.8, 4) is 0 Å². The van der Waals surface area contributed by atoms with Gasteiger partial charge in [-0.25, -0.2) is 4.98 Å². The van der Waals surface area contributed by atoms with E-state index in [0.29, 0.717) is 6.54 Å². The molecule has 4 nitrogen and oxygen atoms in total. The van der Waals surface area contributed by atoms with Crippen LogP contribution in [0.4, 0.5) is 0 Å². The average molecular weight is 246 g/mol. The van der Waals surface area contributed by atoms with Crippen molar-refractivity contribution in [2.75, 3.05) is 6.54 Å². The lowest BCUT2D eigenvalue weighted by Gasteiger charge is -2.17. The van der Waals surface area contributed by atoms with Gasteiger partial charge >= 0.3 is 0 Å². The van der Waals surface area contributed by atoms with Crippen LogP contribution in [0.5, 0.6) is 0 Å². The van der Waals surface area contributed by atoms with Gasteiger partial charge in [0.1, 0.15) is 5.52 Å². The molecular weight excluding hydrogens is 228 g/mol. The zero-order chi connectivity index (χ0) is 13.2. The molecule has 1 amide bonds. The molecule has 0 atom stereocenters. The highest BCUT2D eigenvalue weighted by molar-refractivity contribution is 5.81. The van der Waals surface area contributed by atoms with Gasteiger partial charge in [-0.15, -0.1) is 0 Å². The molecule has 1 aromatic heterocycles. The first-order chi connectivity index (χ1) is 8.47. The fourth-order valence-electron chi connectivity index (χ4n) is 1.64. The molecule has 1 N–H and O–H groups in total. The van der Waals surface area contributed by atoms with E-state index >= 15 is 0 Å². The van der Waals surface area contributed by atoms with Crippen molar-refractivity contribution in [1.82, 2.24) is 10.3 Å². The average Bonchev–Trinajstić information content (AvgIpc) is 2.74. The third-order valence-electron chi connectivity index (χ3n) is 2.78. The molecule has 0 unspecified atom stereocenters. The molecule has 1 heterocycles. The summed E-state index contributed by atoms with van der Waals surface area (Å²) in [6.45, 7) is 6.35. The maximum absolute atomic E-state index is 11.7. The van der Waals surface area contributed by atoms with Gasteiger partial charge in [0.25, 0.3) is 0 Å². The number of benzene rings is 1. The minimum Gasteiger partial charge on any atom is -0.443 e. The van der Waals surface area contributed by atoms with Crippen LogP contribution in [-0.4, -0.2) is 17.4 Å². The van der Waals surface area contributed by atoms with E-state index in [9.17, 15) is 4.79 Å². The van der Waals surface area contributed by atoms with Gasteiger partial charge < -0.3 is 9.73 Å². The summed E-state index contributed by atoms with van der Waals surface area (Å²) in [6, 6.07) is 5.90. The van der Waals surface area contributed by atoms with E-state index in [1.165, 1.54) is 6.39 Å². The van der Waals surface area contributed by atoms with Gasteiger partial charge in [0.15, 0.2) is 12.0 Å². The number of carbonyl (C=O) groups is 1. The van der Waals surface area contributed by atoms with Gasteiger partial charge in [-0.05, 0) is 24.1 Å². The van der Waals surface area contributed by atoms with Crippen molar-refractivity contribution in [3.05, 3.63) is 30.2 Å². The number of amides is 1. The number of nitrogens with zero attached hydrogens (tertiary/aromatic N) is 1. The van der Waals surface area contributed by atoms with E-state index in [0.717, 1.165) is 23.1 Å². The molecule has 0 saturated heterocycles. The van der Waals surface area contributed by atoms with Crippen LogP contribution in [0.3, 0.4) is 0 Å². The zero-order valence-corrected chi connectivity index (χ0v) is 11.0. The Morgan fingerprint density at radius 2 is 2.17 bits per heavy atom. The minimum atomic E-state index is -0.338. The molecule has 0 aliphatic heterocycles. The van der Waals surface area contributed by atoms with Crippen LogP contribution in [0, 0.1) is 5.41 Å². The van der Waals surface area contributed by atoms with E-state index in [2.05, 4.69) is 10.3 Å². The Morgan fingerprint density at radius 1 is 1.39 bits per heavy atom. The fraction of sp³-hybridized carbons (Fsp3) is 0.429. The van der Waals surface area contributed by atoms with E-state index in [-0.39, 0.29) is 11.3 Å². The Labute approximate surface area is 106 Å². The molecular formula is C14H18N2O2. The standard InChI is InChI=1S/C14H18N2O2/c1-14(2,3)13(17)15-7-6-10-4-5-11-12(8-10)18-9-16-11/h4-5,8-9H,6-7H2,1-3H3,(H,15,17). The number of rotatable bonds is 3. The summed E-state index contributed by atoms with van der Waals surface area (Å²) in [5, 5.41) is 2.93. The molecule has 0 radical (unpaired) electrons. The van der Waals surface area contributed by atoms with Crippen molar-refractivity contribution in [1.29, 1.82) is 0 Å². The highest BCUT2D eigenvalue weighted by Gasteiger charge is 2.20. The lowest BCUT2D eigenvalue weighted by atomic mass is 9.95. The predicted octanol–water partition coefficient (Wildman–Crippen LogP) is 2.53. The van der Waals surface area contributed by atoms with E-state index in [4.69, 9.17) is 4.42 Å². The lowest BCUT2D eigenvalue weighted by Crippen LogP contribution is -2.35. The van der Waals surface area contributed by atoms with Crippen LogP contribution in [0.25, 0.3) is 11.1 Å². The molecule has 18 heavy (non-hydrogen) atoms. The minimum absolute atomic E-state index is 0.0724. The summed E-state index contributed by atoms with van der Waals surface area (Å²) < 4.78 is 5.24. The Hall–Kier alpha value is -1.84. The SMILES string of the molecule is CC(C)(C)C(=O)NCCc1ccc2ncoc2c1. The molecule has 0 saturated carbocycles. The number of fused-ring (bicyclic) bond motifs is 1. The summed E-state index contributed by atoms with van der Waals surface area (Å²) in [4.78, 5) is 15.8. The summed E-state index contributed by atoms with van der Waals surface area (Å²) in [5.41, 5.74) is 2.44. The van der Waals surface area contributed by atoms with Crippen LogP contribution in [-0.2, 0) is 11.2 Å². The second-order valence-corrected chi connectivity index (χ2v) is 5.41. The second-order valence-electron chi connectivity index (χ2n) is 5.41. The number of carbonyl (C=O) groups excluding carboxylic acids is 1. The van der Waals surface area contributed by atoms with E-state index in [1.54, 1.807) is 0 Å². The quantitative estimate of drug-likeness (QED) is 0.905. The fourth-order valence-corrected chi connectivity index (χ4v) is 1.64. The summed E-state index contributed by atoms with van der Waals surface area (Å²) in [5.74, 6) is 0.0724. The Bertz CT molecular complexity index is 552. The van der Waals surface area contributed by atoms with Gasteiger partial charge in [0, 0.05) is 12.0 Å². The molecule has 1 aromatic carbocycles. The van der Waals surface area contributed by atoms with Crippen LogP contribution >= 0.6 is 0 Å². The Balaban J connectivity index is 1.92. The third kappa shape index (κ3) is 2.88. The van der Waals surface area contributed by atoms with Crippen molar-refractivity contribution in [2.45, 2.75) is 27.2 Å².